The molecule has 0 saturated carbocycles. The number of rotatable bonds is 3. The van der Waals surface area contributed by atoms with Crippen molar-refractivity contribution in [3.63, 3.8) is 0 Å². The molecule has 0 fully saturated rings. The van der Waals surface area contributed by atoms with Gasteiger partial charge in [-0.05, 0) is 54.8 Å². The summed E-state index contributed by atoms with van der Waals surface area (Å²) in [4.78, 5) is 4.65. The molecule has 0 spiro atoms. The molecule has 2 aromatic carbocycles. The molecule has 3 rings (SSSR count). The predicted octanol–water partition coefficient (Wildman–Crippen LogP) is 6.25. The van der Waals surface area contributed by atoms with E-state index < -0.39 is 0 Å². The Kier molecular flexibility index (Phi) is 4.94. The van der Waals surface area contributed by atoms with E-state index in [4.69, 9.17) is 0 Å². The highest BCUT2D eigenvalue weighted by atomic mass is 79.9. The fourth-order valence-corrected chi connectivity index (χ4v) is 3.36. The number of benzene rings is 2. The van der Waals surface area contributed by atoms with E-state index in [1.165, 1.54) is 22.5 Å². The molecule has 0 atom stereocenters. The maximum atomic E-state index is 9.49. The number of aromatic nitrogens is 1. The largest absolute Gasteiger partial charge is 0.235 e. The number of hydrogen-bond acceptors (Lipinski definition) is 3. The zero-order valence-corrected chi connectivity index (χ0v) is 15.8. The molecule has 0 saturated heterocycles. The Morgan fingerprint density at radius 2 is 1.88 bits per heavy atom. The summed E-state index contributed by atoms with van der Waals surface area (Å²) in [5.74, 6) is 0. The molecule has 1 heterocycles. The van der Waals surface area contributed by atoms with Crippen LogP contribution in [-0.4, -0.2) is 4.98 Å². The summed E-state index contributed by atoms with van der Waals surface area (Å²) in [5, 5.41) is 12.2. The van der Waals surface area contributed by atoms with Gasteiger partial charge in [0.2, 0.25) is 0 Å². The van der Waals surface area contributed by atoms with Gasteiger partial charge >= 0.3 is 0 Å². The number of allylic oxidation sites excluding steroid dienone is 1. The molecule has 3 aromatic rings. The number of thiazole rings is 1. The summed E-state index contributed by atoms with van der Waals surface area (Å²) >= 11 is 4.92. The highest BCUT2D eigenvalue weighted by molar-refractivity contribution is 9.10. The standard InChI is InChI=1S/C20H15BrN2S/c1-13-3-6-16(9-14(13)2)19-12-24-20(23-19)17(11-22)10-15-4-7-18(21)8-5-15/h3-10,12H,1-2H3/b17-10-. The molecule has 0 aliphatic rings. The van der Waals surface area contributed by atoms with Crippen LogP contribution in [0.3, 0.4) is 0 Å². The Morgan fingerprint density at radius 3 is 2.54 bits per heavy atom. The first kappa shape index (κ1) is 16.6. The first-order chi connectivity index (χ1) is 11.6. The van der Waals surface area contributed by atoms with E-state index in [1.807, 2.05) is 35.7 Å². The topological polar surface area (TPSA) is 36.7 Å². The van der Waals surface area contributed by atoms with Crippen molar-refractivity contribution in [2.24, 2.45) is 0 Å². The zero-order valence-electron chi connectivity index (χ0n) is 13.4. The molecule has 2 nitrogen and oxygen atoms in total. The molecule has 0 aliphatic carbocycles. The van der Waals surface area contributed by atoms with Crippen LogP contribution in [0.15, 0.2) is 52.3 Å². The summed E-state index contributed by atoms with van der Waals surface area (Å²) in [6.45, 7) is 4.20. The van der Waals surface area contributed by atoms with Gasteiger partial charge in [-0.3, -0.25) is 0 Å². The molecule has 118 valence electrons. The predicted molar refractivity (Wildman–Crippen MR) is 105 cm³/mol. The van der Waals surface area contributed by atoms with Gasteiger partial charge in [0.1, 0.15) is 11.1 Å². The van der Waals surface area contributed by atoms with Crippen molar-refractivity contribution in [3.8, 4) is 17.3 Å². The number of nitriles is 1. The van der Waals surface area contributed by atoms with Crippen molar-refractivity contribution in [1.29, 1.82) is 5.26 Å². The van der Waals surface area contributed by atoms with Crippen molar-refractivity contribution in [3.05, 3.63) is 74.0 Å². The van der Waals surface area contributed by atoms with Crippen LogP contribution in [0.1, 0.15) is 21.7 Å². The van der Waals surface area contributed by atoms with Crippen molar-refractivity contribution >= 4 is 38.9 Å². The highest BCUT2D eigenvalue weighted by Gasteiger charge is 2.09. The minimum Gasteiger partial charge on any atom is -0.235 e. The van der Waals surface area contributed by atoms with Gasteiger partial charge < -0.3 is 0 Å². The average molecular weight is 395 g/mol. The Morgan fingerprint density at radius 1 is 1.12 bits per heavy atom. The van der Waals surface area contributed by atoms with E-state index in [1.54, 1.807) is 0 Å². The molecule has 24 heavy (non-hydrogen) atoms. The van der Waals surface area contributed by atoms with Crippen molar-refractivity contribution in [2.75, 3.05) is 0 Å². The summed E-state index contributed by atoms with van der Waals surface area (Å²) in [6.07, 6.45) is 1.87. The SMILES string of the molecule is Cc1ccc(-c2csc(/C(C#N)=C\c3ccc(Br)cc3)n2)cc1C. The van der Waals surface area contributed by atoms with Crippen LogP contribution < -0.4 is 0 Å². The second-order valence-electron chi connectivity index (χ2n) is 5.56. The lowest BCUT2D eigenvalue weighted by Gasteiger charge is -2.02. The highest BCUT2D eigenvalue weighted by Crippen LogP contribution is 2.28. The monoisotopic (exact) mass is 394 g/mol. The van der Waals surface area contributed by atoms with Gasteiger partial charge in [0.25, 0.3) is 0 Å². The lowest BCUT2D eigenvalue weighted by atomic mass is 10.1. The number of hydrogen-bond donors (Lipinski definition) is 0. The van der Waals surface area contributed by atoms with Crippen LogP contribution >= 0.6 is 27.3 Å². The zero-order chi connectivity index (χ0) is 17.1. The first-order valence-corrected chi connectivity index (χ1v) is 9.15. The van der Waals surface area contributed by atoms with Gasteiger partial charge in [-0.15, -0.1) is 11.3 Å². The summed E-state index contributed by atoms with van der Waals surface area (Å²) < 4.78 is 1.02. The van der Waals surface area contributed by atoms with Gasteiger partial charge in [-0.1, -0.05) is 40.2 Å². The van der Waals surface area contributed by atoms with Crippen LogP contribution in [0.4, 0.5) is 0 Å². The van der Waals surface area contributed by atoms with Crippen LogP contribution in [0.25, 0.3) is 22.9 Å². The molecule has 0 N–H and O–H groups in total. The van der Waals surface area contributed by atoms with Crippen molar-refractivity contribution in [1.82, 2.24) is 4.98 Å². The summed E-state index contributed by atoms with van der Waals surface area (Å²) in [7, 11) is 0. The normalized spacial score (nSPS) is 11.3. The molecule has 0 bridgehead atoms. The maximum Gasteiger partial charge on any atom is 0.134 e. The fraction of sp³-hybridized carbons (Fsp3) is 0.100. The molecule has 1 aromatic heterocycles. The van der Waals surface area contributed by atoms with E-state index >= 15 is 0 Å². The molecule has 4 heteroatoms. The molecular weight excluding hydrogens is 380 g/mol. The summed E-state index contributed by atoms with van der Waals surface area (Å²) in [6, 6.07) is 16.4. The van der Waals surface area contributed by atoms with E-state index in [0.29, 0.717) is 5.57 Å². The van der Waals surface area contributed by atoms with E-state index in [2.05, 4.69) is 59.0 Å². The smallest absolute Gasteiger partial charge is 0.134 e. The molecule has 0 unspecified atom stereocenters. The third kappa shape index (κ3) is 3.64. The van der Waals surface area contributed by atoms with E-state index in [0.717, 1.165) is 26.3 Å². The first-order valence-electron chi connectivity index (χ1n) is 7.48. The molecular formula is C20H15BrN2S. The third-order valence-electron chi connectivity index (χ3n) is 3.84. The van der Waals surface area contributed by atoms with E-state index in [9.17, 15) is 5.26 Å². The Hall–Kier alpha value is -2.22. The minimum atomic E-state index is 0.581. The Bertz CT molecular complexity index is 947. The minimum absolute atomic E-state index is 0.581. The molecule has 0 amide bonds. The van der Waals surface area contributed by atoms with Gasteiger partial charge in [-0.25, -0.2) is 4.98 Å². The molecule has 0 aliphatic heterocycles. The number of nitrogens with zero attached hydrogens (tertiary/aromatic N) is 2. The second-order valence-corrected chi connectivity index (χ2v) is 7.33. The molecule has 0 radical (unpaired) electrons. The van der Waals surface area contributed by atoms with Crippen LogP contribution in [-0.2, 0) is 0 Å². The van der Waals surface area contributed by atoms with E-state index in [-0.39, 0.29) is 0 Å². The quantitative estimate of drug-likeness (QED) is 0.491. The van der Waals surface area contributed by atoms with Crippen LogP contribution in [0, 0.1) is 25.2 Å². The number of aryl methyl sites for hydroxylation is 2. The second kappa shape index (κ2) is 7.12. The Balaban J connectivity index is 1.94. The van der Waals surface area contributed by atoms with Gasteiger partial charge in [-0.2, -0.15) is 5.26 Å². The van der Waals surface area contributed by atoms with Crippen LogP contribution in [0.2, 0.25) is 0 Å². The number of halogens is 1. The third-order valence-corrected chi connectivity index (χ3v) is 5.24. The van der Waals surface area contributed by atoms with Crippen molar-refractivity contribution < 1.29 is 0 Å². The Labute approximate surface area is 154 Å². The van der Waals surface area contributed by atoms with Gasteiger partial charge in [0, 0.05) is 15.4 Å². The van der Waals surface area contributed by atoms with Gasteiger partial charge in [0.05, 0.1) is 11.3 Å². The maximum absolute atomic E-state index is 9.49. The average Bonchev–Trinajstić information content (AvgIpc) is 3.06. The van der Waals surface area contributed by atoms with Crippen LogP contribution in [0.5, 0.6) is 0 Å². The van der Waals surface area contributed by atoms with Gasteiger partial charge in [0.15, 0.2) is 0 Å². The lowest BCUT2D eigenvalue weighted by molar-refractivity contribution is 1.32. The summed E-state index contributed by atoms with van der Waals surface area (Å²) in [5.41, 5.74) is 6.07. The lowest BCUT2D eigenvalue weighted by Crippen LogP contribution is -1.85. The fourth-order valence-electron chi connectivity index (χ4n) is 2.30. The van der Waals surface area contributed by atoms with Crippen molar-refractivity contribution in [2.45, 2.75) is 13.8 Å².